The standard InChI is InChI=1S/C25H23N3O6/c1-27-20-13-19(26-23(29)15-5-7-16(32-3)8-6-15)22(14-21(20)28(2)25(31)24(27)30)34-18-11-9-17(33-4)10-12-18/h5-14H,1-4H3,(H,26,29). The first-order chi connectivity index (χ1) is 16.3. The second-order valence-corrected chi connectivity index (χ2v) is 7.53. The largest absolute Gasteiger partial charge is 0.497 e. The summed E-state index contributed by atoms with van der Waals surface area (Å²) in [4.78, 5) is 37.6. The molecule has 0 saturated heterocycles. The maximum Gasteiger partial charge on any atom is 0.316 e. The first kappa shape index (κ1) is 22.7. The van der Waals surface area contributed by atoms with Crippen LogP contribution in [0.3, 0.4) is 0 Å². The van der Waals surface area contributed by atoms with Crippen molar-refractivity contribution in [2.45, 2.75) is 0 Å². The summed E-state index contributed by atoms with van der Waals surface area (Å²) >= 11 is 0. The monoisotopic (exact) mass is 461 g/mol. The molecule has 0 atom stereocenters. The Balaban J connectivity index is 1.82. The Bertz CT molecular complexity index is 1490. The number of ether oxygens (including phenoxy) is 3. The smallest absolute Gasteiger partial charge is 0.316 e. The average molecular weight is 461 g/mol. The molecule has 3 aromatic carbocycles. The van der Waals surface area contributed by atoms with Gasteiger partial charge in [-0.25, -0.2) is 0 Å². The number of nitrogens with one attached hydrogen (secondary N) is 1. The first-order valence-corrected chi connectivity index (χ1v) is 10.3. The van der Waals surface area contributed by atoms with Gasteiger partial charge in [0.15, 0.2) is 5.75 Å². The summed E-state index contributed by atoms with van der Waals surface area (Å²) in [7, 11) is 6.13. The first-order valence-electron chi connectivity index (χ1n) is 10.3. The van der Waals surface area contributed by atoms with Gasteiger partial charge in [0.25, 0.3) is 5.91 Å². The number of benzene rings is 3. The maximum atomic E-state index is 13.0. The quantitative estimate of drug-likeness (QED) is 0.442. The van der Waals surface area contributed by atoms with Crippen molar-refractivity contribution >= 4 is 22.6 Å². The Hall–Kier alpha value is -4.53. The summed E-state index contributed by atoms with van der Waals surface area (Å²) < 4.78 is 18.9. The van der Waals surface area contributed by atoms with Gasteiger partial charge in [-0.3, -0.25) is 14.4 Å². The number of hydrogen-bond acceptors (Lipinski definition) is 6. The van der Waals surface area contributed by atoms with Crippen molar-refractivity contribution < 1.29 is 19.0 Å². The Morgan fingerprint density at radius 3 is 1.74 bits per heavy atom. The molecular formula is C25H23N3O6. The van der Waals surface area contributed by atoms with Crippen LogP contribution in [0.5, 0.6) is 23.0 Å². The molecule has 0 aliphatic carbocycles. The SMILES string of the molecule is COc1ccc(Oc2cc3c(cc2NC(=O)c2ccc(OC)cc2)n(C)c(=O)c(=O)n3C)cc1. The fourth-order valence-corrected chi connectivity index (χ4v) is 3.49. The molecule has 0 radical (unpaired) electrons. The lowest BCUT2D eigenvalue weighted by molar-refractivity contribution is 0.102. The third-order valence-corrected chi connectivity index (χ3v) is 5.48. The van der Waals surface area contributed by atoms with Gasteiger partial charge in [0.1, 0.15) is 17.2 Å². The number of carbonyl (C=O) groups excluding carboxylic acids is 1. The normalized spacial score (nSPS) is 10.7. The van der Waals surface area contributed by atoms with Crippen molar-refractivity contribution in [2.75, 3.05) is 19.5 Å². The molecule has 1 heterocycles. The Morgan fingerprint density at radius 1 is 0.735 bits per heavy atom. The molecule has 4 aromatic rings. The molecule has 1 amide bonds. The molecule has 0 fully saturated rings. The molecule has 0 unspecified atom stereocenters. The minimum atomic E-state index is -0.675. The molecule has 9 nitrogen and oxygen atoms in total. The van der Waals surface area contributed by atoms with E-state index in [1.54, 1.807) is 74.9 Å². The molecule has 0 aliphatic rings. The molecule has 0 saturated carbocycles. The number of carbonyl (C=O) groups is 1. The van der Waals surface area contributed by atoms with E-state index in [1.807, 2.05) is 0 Å². The topological polar surface area (TPSA) is 101 Å². The van der Waals surface area contributed by atoms with Crippen LogP contribution in [0.1, 0.15) is 10.4 Å². The highest BCUT2D eigenvalue weighted by Gasteiger charge is 2.17. The molecule has 4 rings (SSSR count). The molecule has 34 heavy (non-hydrogen) atoms. The number of fused-ring (bicyclic) bond motifs is 1. The van der Waals surface area contributed by atoms with Crippen LogP contribution in [0.2, 0.25) is 0 Å². The van der Waals surface area contributed by atoms with Crippen molar-refractivity contribution in [1.29, 1.82) is 0 Å². The number of rotatable bonds is 6. The zero-order chi connectivity index (χ0) is 24.4. The van der Waals surface area contributed by atoms with Crippen LogP contribution in [0.25, 0.3) is 11.0 Å². The van der Waals surface area contributed by atoms with Crippen molar-refractivity contribution in [3.05, 3.63) is 86.9 Å². The van der Waals surface area contributed by atoms with Crippen molar-refractivity contribution in [1.82, 2.24) is 9.13 Å². The van der Waals surface area contributed by atoms with Gasteiger partial charge in [0.05, 0.1) is 30.9 Å². The van der Waals surface area contributed by atoms with Crippen molar-refractivity contribution in [3.8, 4) is 23.0 Å². The Kier molecular flexibility index (Phi) is 6.09. The van der Waals surface area contributed by atoms with E-state index in [9.17, 15) is 14.4 Å². The van der Waals surface area contributed by atoms with Gasteiger partial charge in [-0.1, -0.05) is 0 Å². The van der Waals surface area contributed by atoms with Crippen LogP contribution in [0, 0.1) is 0 Å². The van der Waals surface area contributed by atoms with E-state index >= 15 is 0 Å². The van der Waals surface area contributed by atoms with E-state index in [0.717, 1.165) is 0 Å². The number of nitrogens with zero attached hydrogens (tertiary/aromatic N) is 2. The van der Waals surface area contributed by atoms with Gasteiger partial charge in [0, 0.05) is 25.7 Å². The minimum Gasteiger partial charge on any atom is -0.497 e. The predicted octanol–water partition coefficient (Wildman–Crippen LogP) is 3.30. The van der Waals surface area contributed by atoms with Crippen LogP contribution in [0.15, 0.2) is 70.3 Å². The molecule has 0 bridgehead atoms. The Labute approximate surface area is 194 Å². The maximum absolute atomic E-state index is 13.0. The number of amides is 1. The van der Waals surface area contributed by atoms with Gasteiger partial charge in [-0.2, -0.15) is 0 Å². The van der Waals surface area contributed by atoms with Gasteiger partial charge < -0.3 is 28.7 Å². The zero-order valence-electron chi connectivity index (χ0n) is 19.1. The van der Waals surface area contributed by atoms with Gasteiger partial charge in [-0.05, 0) is 54.6 Å². The second-order valence-electron chi connectivity index (χ2n) is 7.53. The summed E-state index contributed by atoms with van der Waals surface area (Å²) in [5.74, 6) is 1.71. The van der Waals surface area contributed by atoms with Crippen LogP contribution in [-0.4, -0.2) is 29.3 Å². The van der Waals surface area contributed by atoms with Crippen molar-refractivity contribution in [3.63, 3.8) is 0 Å². The number of aryl methyl sites for hydroxylation is 2. The molecule has 174 valence electrons. The Morgan fingerprint density at radius 2 is 1.21 bits per heavy atom. The fourth-order valence-electron chi connectivity index (χ4n) is 3.49. The van der Waals surface area contributed by atoms with Crippen LogP contribution in [0.4, 0.5) is 5.69 Å². The molecule has 1 N–H and O–H groups in total. The lowest BCUT2D eigenvalue weighted by Gasteiger charge is -2.17. The summed E-state index contributed by atoms with van der Waals surface area (Å²) in [6, 6.07) is 16.8. The highest BCUT2D eigenvalue weighted by atomic mass is 16.5. The molecule has 9 heteroatoms. The van der Waals surface area contributed by atoms with E-state index in [2.05, 4.69) is 5.32 Å². The second kappa shape index (κ2) is 9.14. The van der Waals surface area contributed by atoms with Crippen LogP contribution < -0.4 is 30.6 Å². The van der Waals surface area contributed by atoms with E-state index in [1.165, 1.54) is 23.2 Å². The van der Waals surface area contributed by atoms with Crippen LogP contribution in [-0.2, 0) is 14.1 Å². The number of methoxy groups -OCH3 is 2. The fraction of sp³-hybridized carbons (Fsp3) is 0.160. The van der Waals surface area contributed by atoms with Crippen molar-refractivity contribution in [2.24, 2.45) is 14.1 Å². The third kappa shape index (κ3) is 4.23. The van der Waals surface area contributed by atoms with E-state index in [-0.39, 0.29) is 5.91 Å². The summed E-state index contributed by atoms with van der Waals surface area (Å²) in [6.45, 7) is 0. The van der Waals surface area contributed by atoms with E-state index < -0.39 is 11.1 Å². The number of hydrogen-bond donors (Lipinski definition) is 1. The molecule has 1 aromatic heterocycles. The molecule has 0 spiro atoms. The van der Waals surface area contributed by atoms with Gasteiger partial charge >= 0.3 is 11.1 Å². The lowest BCUT2D eigenvalue weighted by Crippen LogP contribution is -2.39. The van der Waals surface area contributed by atoms with Gasteiger partial charge in [0.2, 0.25) is 0 Å². The third-order valence-electron chi connectivity index (χ3n) is 5.48. The van der Waals surface area contributed by atoms with Crippen LogP contribution >= 0.6 is 0 Å². The average Bonchev–Trinajstić information content (AvgIpc) is 2.87. The minimum absolute atomic E-state index is 0.299. The molecule has 0 aliphatic heterocycles. The summed E-state index contributed by atoms with van der Waals surface area (Å²) in [6.07, 6.45) is 0. The highest BCUT2D eigenvalue weighted by Crippen LogP contribution is 2.34. The summed E-state index contributed by atoms with van der Waals surface area (Å²) in [5.41, 5.74) is 0.326. The predicted molar refractivity (Wildman–Crippen MR) is 128 cm³/mol. The summed E-state index contributed by atoms with van der Waals surface area (Å²) in [5, 5.41) is 2.85. The number of anilines is 1. The number of aromatic nitrogens is 2. The van der Waals surface area contributed by atoms with E-state index in [0.29, 0.717) is 45.3 Å². The highest BCUT2D eigenvalue weighted by molar-refractivity contribution is 6.06. The van der Waals surface area contributed by atoms with Gasteiger partial charge in [-0.15, -0.1) is 0 Å². The molecular weight excluding hydrogens is 438 g/mol. The zero-order valence-corrected chi connectivity index (χ0v) is 19.1. The lowest BCUT2D eigenvalue weighted by atomic mass is 10.2. The van der Waals surface area contributed by atoms with E-state index in [4.69, 9.17) is 14.2 Å².